The van der Waals surface area contributed by atoms with E-state index in [1.165, 1.54) is 30.3 Å². The van der Waals surface area contributed by atoms with Crippen molar-refractivity contribution in [1.29, 1.82) is 0 Å². The van der Waals surface area contributed by atoms with Gasteiger partial charge < -0.3 is 5.32 Å². The van der Waals surface area contributed by atoms with Crippen LogP contribution in [0.2, 0.25) is 5.15 Å². The van der Waals surface area contributed by atoms with Crippen LogP contribution < -0.4 is 5.32 Å². The fourth-order valence-corrected chi connectivity index (χ4v) is 2.54. The third kappa shape index (κ3) is 4.90. The molecule has 0 aliphatic rings. The first-order valence-corrected chi connectivity index (χ1v) is 8.12. The number of nitro groups is 1. The molecule has 0 bridgehead atoms. The topological polar surface area (TPSA) is 90.1 Å². The molecule has 0 aliphatic carbocycles. The van der Waals surface area contributed by atoms with E-state index in [0.29, 0.717) is 28.9 Å². The smallest absolute Gasteiger partial charge is 0.269 e. The number of nitrogens with zero attached hydrogens (tertiary/aromatic N) is 3. The number of nitro benzene ring substituents is 1. The molecule has 2 rings (SSSR count). The van der Waals surface area contributed by atoms with Crippen molar-refractivity contribution in [2.24, 2.45) is 5.92 Å². The number of rotatable bonds is 6. The van der Waals surface area contributed by atoms with Gasteiger partial charge in [0.15, 0.2) is 0 Å². The maximum atomic E-state index is 12.0. The zero-order chi connectivity index (χ0) is 18.6. The van der Waals surface area contributed by atoms with E-state index in [4.69, 9.17) is 11.6 Å². The van der Waals surface area contributed by atoms with E-state index in [2.05, 4.69) is 24.3 Å². The van der Waals surface area contributed by atoms with Gasteiger partial charge in [0.1, 0.15) is 5.15 Å². The SMILES string of the molecule is Cc1nn(CC(C)C)c(Cl)c1/C=C/C(=O)Nc1ccc([N+](=O)[O-])cc1. The molecule has 0 spiro atoms. The summed E-state index contributed by atoms with van der Waals surface area (Å²) < 4.78 is 1.72. The number of aromatic nitrogens is 2. The summed E-state index contributed by atoms with van der Waals surface area (Å²) in [4.78, 5) is 22.1. The molecule has 7 nitrogen and oxygen atoms in total. The quantitative estimate of drug-likeness (QED) is 0.476. The van der Waals surface area contributed by atoms with Crippen LogP contribution in [0.5, 0.6) is 0 Å². The Morgan fingerprint density at radius 1 is 1.40 bits per heavy atom. The monoisotopic (exact) mass is 362 g/mol. The van der Waals surface area contributed by atoms with Crippen molar-refractivity contribution >= 4 is 35.0 Å². The van der Waals surface area contributed by atoms with Gasteiger partial charge in [0.05, 0.1) is 10.6 Å². The first kappa shape index (κ1) is 18.7. The van der Waals surface area contributed by atoms with E-state index in [0.717, 1.165) is 5.69 Å². The number of amides is 1. The molecule has 132 valence electrons. The molecule has 2 aromatic rings. The van der Waals surface area contributed by atoms with Crippen molar-refractivity contribution in [2.75, 3.05) is 5.32 Å². The molecule has 25 heavy (non-hydrogen) atoms. The van der Waals surface area contributed by atoms with E-state index in [9.17, 15) is 14.9 Å². The summed E-state index contributed by atoms with van der Waals surface area (Å²) in [6, 6.07) is 5.61. The van der Waals surface area contributed by atoms with Crippen molar-refractivity contribution in [2.45, 2.75) is 27.3 Å². The number of anilines is 1. The summed E-state index contributed by atoms with van der Waals surface area (Å²) >= 11 is 6.32. The lowest BCUT2D eigenvalue weighted by Gasteiger charge is -2.05. The zero-order valence-corrected chi connectivity index (χ0v) is 14.9. The molecule has 8 heteroatoms. The minimum Gasteiger partial charge on any atom is -0.323 e. The minimum absolute atomic E-state index is 0.0338. The molecule has 0 saturated carbocycles. The Morgan fingerprint density at radius 2 is 2.04 bits per heavy atom. The summed E-state index contributed by atoms with van der Waals surface area (Å²) in [5, 5.41) is 18.1. The molecular weight excluding hydrogens is 344 g/mol. The first-order chi connectivity index (χ1) is 11.8. The highest BCUT2D eigenvalue weighted by Crippen LogP contribution is 2.22. The summed E-state index contributed by atoms with van der Waals surface area (Å²) in [5.74, 6) is 0.0417. The summed E-state index contributed by atoms with van der Waals surface area (Å²) in [7, 11) is 0. The molecule has 1 aromatic heterocycles. The predicted molar refractivity (Wildman–Crippen MR) is 97.6 cm³/mol. The van der Waals surface area contributed by atoms with Crippen molar-refractivity contribution in [3.63, 3.8) is 0 Å². The molecular formula is C17H19ClN4O3. The van der Waals surface area contributed by atoms with E-state index < -0.39 is 4.92 Å². The van der Waals surface area contributed by atoms with Gasteiger partial charge in [0.2, 0.25) is 5.91 Å². The average molecular weight is 363 g/mol. The van der Waals surface area contributed by atoms with Gasteiger partial charge in [-0.05, 0) is 31.1 Å². The van der Waals surface area contributed by atoms with Crippen LogP contribution >= 0.6 is 11.6 Å². The van der Waals surface area contributed by atoms with Crippen LogP contribution in [0, 0.1) is 23.0 Å². The van der Waals surface area contributed by atoms with E-state index in [1.807, 2.05) is 6.92 Å². The number of hydrogen-bond donors (Lipinski definition) is 1. The fraction of sp³-hybridized carbons (Fsp3) is 0.294. The second-order valence-electron chi connectivity index (χ2n) is 5.99. The molecule has 1 N–H and O–H groups in total. The molecule has 0 atom stereocenters. The number of non-ortho nitro benzene ring substituents is 1. The molecule has 0 aliphatic heterocycles. The van der Waals surface area contributed by atoms with E-state index >= 15 is 0 Å². The summed E-state index contributed by atoms with van der Waals surface area (Å²) in [6.45, 7) is 6.67. The van der Waals surface area contributed by atoms with Crippen LogP contribution in [-0.2, 0) is 11.3 Å². The molecule has 0 saturated heterocycles. The van der Waals surface area contributed by atoms with Gasteiger partial charge in [-0.3, -0.25) is 19.6 Å². The minimum atomic E-state index is -0.495. The first-order valence-electron chi connectivity index (χ1n) is 7.74. The van der Waals surface area contributed by atoms with Crippen LogP contribution in [0.1, 0.15) is 25.1 Å². The van der Waals surface area contributed by atoms with Gasteiger partial charge in [-0.25, -0.2) is 0 Å². The third-order valence-electron chi connectivity index (χ3n) is 3.39. The van der Waals surface area contributed by atoms with Crippen molar-refractivity contribution in [1.82, 2.24) is 9.78 Å². The van der Waals surface area contributed by atoms with E-state index in [1.54, 1.807) is 10.8 Å². The van der Waals surface area contributed by atoms with Crippen LogP contribution in [-0.4, -0.2) is 20.6 Å². The lowest BCUT2D eigenvalue weighted by molar-refractivity contribution is -0.384. The zero-order valence-electron chi connectivity index (χ0n) is 14.2. The number of hydrogen-bond acceptors (Lipinski definition) is 4. The van der Waals surface area contributed by atoms with Gasteiger partial charge >= 0.3 is 0 Å². The van der Waals surface area contributed by atoms with Crippen molar-refractivity contribution in [3.05, 3.63) is 56.9 Å². The molecule has 0 radical (unpaired) electrons. The van der Waals surface area contributed by atoms with Crippen LogP contribution in [0.25, 0.3) is 6.08 Å². The lowest BCUT2D eigenvalue weighted by atomic mass is 10.2. The Bertz CT molecular complexity index is 810. The molecule has 1 heterocycles. The number of aryl methyl sites for hydroxylation is 1. The molecule has 1 aromatic carbocycles. The van der Waals surface area contributed by atoms with Crippen molar-refractivity contribution in [3.8, 4) is 0 Å². The molecule has 1 amide bonds. The lowest BCUT2D eigenvalue weighted by Crippen LogP contribution is -2.07. The predicted octanol–water partition coefficient (Wildman–Crippen LogP) is 4.06. The number of nitrogens with one attached hydrogen (secondary N) is 1. The maximum Gasteiger partial charge on any atom is 0.269 e. The summed E-state index contributed by atoms with van der Waals surface area (Å²) in [5.41, 5.74) is 1.87. The largest absolute Gasteiger partial charge is 0.323 e. The number of benzene rings is 1. The highest BCUT2D eigenvalue weighted by Gasteiger charge is 2.12. The fourth-order valence-electron chi connectivity index (χ4n) is 2.23. The third-order valence-corrected chi connectivity index (χ3v) is 3.79. The van der Waals surface area contributed by atoms with Crippen molar-refractivity contribution < 1.29 is 9.72 Å². The van der Waals surface area contributed by atoms with Gasteiger partial charge in [-0.1, -0.05) is 25.4 Å². The highest BCUT2D eigenvalue weighted by molar-refractivity contribution is 6.31. The Labute approximate surface area is 150 Å². The maximum absolute atomic E-state index is 12.0. The normalized spacial score (nSPS) is 11.2. The van der Waals surface area contributed by atoms with Gasteiger partial charge in [-0.2, -0.15) is 5.10 Å². The molecule has 0 fully saturated rings. The van der Waals surface area contributed by atoms with Crippen LogP contribution in [0.4, 0.5) is 11.4 Å². The van der Waals surface area contributed by atoms with Gasteiger partial charge in [-0.15, -0.1) is 0 Å². The Balaban J connectivity index is 2.07. The number of halogens is 1. The standard InChI is InChI=1S/C17H19ClN4O3/c1-11(2)10-21-17(18)15(12(3)20-21)8-9-16(23)19-13-4-6-14(7-5-13)22(24)25/h4-9,11H,10H2,1-3H3,(H,19,23)/b9-8+. The van der Waals surface area contributed by atoms with Crippen LogP contribution in [0.15, 0.2) is 30.3 Å². The Kier molecular flexibility index (Phi) is 5.93. The Hall–Kier alpha value is -2.67. The van der Waals surface area contributed by atoms with E-state index in [-0.39, 0.29) is 11.6 Å². The molecule has 0 unspecified atom stereocenters. The summed E-state index contributed by atoms with van der Waals surface area (Å²) in [6.07, 6.45) is 2.97. The second-order valence-corrected chi connectivity index (χ2v) is 6.35. The second kappa shape index (κ2) is 7.94. The average Bonchev–Trinajstić information content (AvgIpc) is 2.79. The number of carbonyl (C=O) groups is 1. The number of carbonyl (C=O) groups excluding carboxylic acids is 1. The highest BCUT2D eigenvalue weighted by atomic mass is 35.5. The van der Waals surface area contributed by atoms with Gasteiger partial charge in [0.25, 0.3) is 5.69 Å². The van der Waals surface area contributed by atoms with Gasteiger partial charge in [0, 0.05) is 36.0 Å². The Morgan fingerprint density at radius 3 is 2.60 bits per heavy atom. The van der Waals surface area contributed by atoms with Crippen LogP contribution in [0.3, 0.4) is 0 Å².